The highest BCUT2D eigenvalue weighted by Gasteiger charge is 2.26. The van der Waals surface area contributed by atoms with Gasteiger partial charge in [0.2, 0.25) is 5.91 Å². The highest BCUT2D eigenvalue weighted by Crippen LogP contribution is 2.21. The second-order valence-electron chi connectivity index (χ2n) is 7.55. The molecule has 2 aromatic rings. The molecule has 0 bridgehead atoms. The average molecular weight is 397 g/mol. The van der Waals surface area contributed by atoms with Crippen molar-refractivity contribution in [3.8, 4) is 17.0 Å². The van der Waals surface area contributed by atoms with Gasteiger partial charge in [0.25, 0.3) is 5.91 Å². The molecule has 1 aromatic carbocycles. The van der Waals surface area contributed by atoms with Gasteiger partial charge in [0.05, 0.1) is 19.3 Å². The summed E-state index contributed by atoms with van der Waals surface area (Å²) in [5.74, 6) is 0.935. The molecular weight excluding hydrogens is 370 g/mol. The molecule has 0 saturated carbocycles. The minimum Gasteiger partial charge on any atom is -0.497 e. The predicted octanol–water partition coefficient (Wildman–Crippen LogP) is 1.47. The van der Waals surface area contributed by atoms with Crippen molar-refractivity contribution >= 4 is 11.8 Å². The summed E-state index contributed by atoms with van der Waals surface area (Å²) in [6.07, 6.45) is 2.22. The number of ether oxygens (including phenoxy) is 1. The molecule has 2 aliphatic rings. The molecule has 0 atom stereocenters. The number of methoxy groups -OCH3 is 1. The summed E-state index contributed by atoms with van der Waals surface area (Å²) in [4.78, 5) is 31.0. The number of nitrogens with zero attached hydrogens (tertiary/aromatic N) is 4. The van der Waals surface area contributed by atoms with Gasteiger partial charge in [-0.15, -0.1) is 0 Å². The van der Waals surface area contributed by atoms with E-state index in [1.165, 1.54) is 0 Å². The highest BCUT2D eigenvalue weighted by atomic mass is 16.5. The average Bonchev–Trinajstić information content (AvgIpc) is 3.46. The Morgan fingerprint density at radius 2 is 1.69 bits per heavy atom. The van der Waals surface area contributed by atoms with Crippen LogP contribution in [-0.2, 0) is 4.79 Å². The predicted molar refractivity (Wildman–Crippen MR) is 109 cm³/mol. The lowest BCUT2D eigenvalue weighted by molar-refractivity contribution is -0.131. The fraction of sp³-hybridized carbons (Fsp3) is 0.476. The van der Waals surface area contributed by atoms with E-state index in [9.17, 15) is 9.59 Å². The second-order valence-corrected chi connectivity index (χ2v) is 7.55. The third-order valence-corrected chi connectivity index (χ3v) is 5.67. The van der Waals surface area contributed by atoms with Crippen LogP contribution < -0.4 is 4.74 Å². The van der Waals surface area contributed by atoms with Gasteiger partial charge in [-0.3, -0.25) is 19.6 Å². The summed E-state index contributed by atoms with van der Waals surface area (Å²) in [7, 11) is 1.63. The lowest BCUT2D eigenvalue weighted by Gasteiger charge is -2.34. The number of H-pyrrole nitrogens is 1. The molecular formula is C21H27N5O3. The number of benzene rings is 1. The molecule has 4 rings (SSSR count). The summed E-state index contributed by atoms with van der Waals surface area (Å²) < 4.78 is 5.17. The maximum absolute atomic E-state index is 12.8. The number of likely N-dealkylation sites (tertiary alicyclic amines) is 1. The zero-order valence-electron chi connectivity index (χ0n) is 16.8. The number of rotatable bonds is 5. The summed E-state index contributed by atoms with van der Waals surface area (Å²) in [5, 5.41) is 7.15. The van der Waals surface area contributed by atoms with Gasteiger partial charge >= 0.3 is 0 Å². The highest BCUT2D eigenvalue weighted by molar-refractivity contribution is 5.93. The van der Waals surface area contributed by atoms with Crippen molar-refractivity contribution < 1.29 is 14.3 Å². The number of carbonyl (C=O) groups excluding carboxylic acids is 2. The summed E-state index contributed by atoms with van der Waals surface area (Å²) in [6.45, 7) is 4.87. The number of piperazine rings is 1. The zero-order valence-corrected chi connectivity index (χ0v) is 16.8. The van der Waals surface area contributed by atoms with Crippen LogP contribution in [0, 0.1) is 0 Å². The van der Waals surface area contributed by atoms with Crippen molar-refractivity contribution in [2.75, 3.05) is 52.9 Å². The van der Waals surface area contributed by atoms with Crippen molar-refractivity contribution in [2.45, 2.75) is 12.8 Å². The lowest BCUT2D eigenvalue weighted by Crippen LogP contribution is -2.51. The van der Waals surface area contributed by atoms with Crippen LogP contribution in [0.5, 0.6) is 5.75 Å². The third kappa shape index (κ3) is 4.42. The Morgan fingerprint density at radius 1 is 1.00 bits per heavy atom. The topological polar surface area (TPSA) is 81.8 Å². The smallest absolute Gasteiger partial charge is 0.271 e. The number of carbonyl (C=O) groups is 2. The Morgan fingerprint density at radius 3 is 2.34 bits per heavy atom. The third-order valence-electron chi connectivity index (χ3n) is 5.67. The Hall–Kier alpha value is -2.87. The Balaban J connectivity index is 1.31. The molecule has 2 aliphatic heterocycles. The van der Waals surface area contributed by atoms with Crippen LogP contribution in [0.1, 0.15) is 23.3 Å². The van der Waals surface area contributed by atoms with Gasteiger partial charge in [-0.25, -0.2) is 0 Å². The van der Waals surface area contributed by atoms with Crippen LogP contribution >= 0.6 is 0 Å². The van der Waals surface area contributed by atoms with E-state index in [1.807, 2.05) is 34.1 Å². The fourth-order valence-electron chi connectivity index (χ4n) is 3.88. The van der Waals surface area contributed by atoms with Gasteiger partial charge < -0.3 is 14.5 Å². The van der Waals surface area contributed by atoms with E-state index in [1.54, 1.807) is 13.2 Å². The van der Waals surface area contributed by atoms with Crippen molar-refractivity contribution in [3.05, 3.63) is 36.0 Å². The van der Waals surface area contributed by atoms with E-state index in [-0.39, 0.29) is 11.8 Å². The Bertz CT molecular complexity index is 849. The number of hydrogen-bond acceptors (Lipinski definition) is 5. The first kappa shape index (κ1) is 19.4. The fourth-order valence-corrected chi connectivity index (χ4v) is 3.88. The number of aromatic amines is 1. The first-order valence-electron chi connectivity index (χ1n) is 10.1. The van der Waals surface area contributed by atoms with E-state index >= 15 is 0 Å². The second kappa shape index (κ2) is 8.65. The molecule has 1 aromatic heterocycles. The molecule has 3 heterocycles. The summed E-state index contributed by atoms with van der Waals surface area (Å²) >= 11 is 0. The van der Waals surface area contributed by atoms with Gasteiger partial charge in [0, 0.05) is 44.8 Å². The molecule has 154 valence electrons. The lowest BCUT2D eigenvalue weighted by atomic mass is 10.1. The maximum Gasteiger partial charge on any atom is 0.271 e. The van der Waals surface area contributed by atoms with Gasteiger partial charge in [-0.2, -0.15) is 5.10 Å². The minimum absolute atomic E-state index is 0.0530. The molecule has 8 heteroatoms. The van der Waals surface area contributed by atoms with Crippen LogP contribution in [0.15, 0.2) is 30.3 Å². The molecule has 29 heavy (non-hydrogen) atoms. The van der Waals surface area contributed by atoms with Crippen LogP contribution in [0.25, 0.3) is 11.3 Å². The molecule has 8 nitrogen and oxygen atoms in total. The van der Waals surface area contributed by atoms with Crippen molar-refractivity contribution in [1.82, 2.24) is 24.9 Å². The Kier molecular flexibility index (Phi) is 5.80. The normalized spacial score (nSPS) is 17.6. The van der Waals surface area contributed by atoms with Crippen molar-refractivity contribution in [2.24, 2.45) is 0 Å². The standard InChI is InChI=1S/C21H27N5O3/c1-29-17-6-4-16(5-7-17)18-14-19(23-22-18)21(28)26-12-10-24(11-13-26)15-20(27)25-8-2-3-9-25/h4-7,14H,2-3,8-13,15H2,1H3,(H,22,23). The largest absolute Gasteiger partial charge is 0.497 e. The number of nitrogens with one attached hydrogen (secondary N) is 1. The van der Waals surface area contributed by atoms with Crippen molar-refractivity contribution in [1.29, 1.82) is 0 Å². The van der Waals surface area contributed by atoms with Gasteiger partial charge in [0.15, 0.2) is 0 Å². The first-order chi connectivity index (χ1) is 14.1. The van der Waals surface area contributed by atoms with E-state index in [4.69, 9.17) is 4.74 Å². The minimum atomic E-state index is -0.0530. The molecule has 0 spiro atoms. The SMILES string of the molecule is COc1ccc(-c2cc(C(=O)N3CCN(CC(=O)N4CCCC4)CC3)[nH]n2)cc1. The quantitative estimate of drug-likeness (QED) is 0.826. The summed E-state index contributed by atoms with van der Waals surface area (Å²) in [6, 6.07) is 9.36. The molecule has 2 saturated heterocycles. The molecule has 2 amide bonds. The van der Waals surface area contributed by atoms with Gasteiger partial charge in [-0.05, 0) is 43.2 Å². The van der Waals surface area contributed by atoms with Crippen LogP contribution in [0.2, 0.25) is 0 Å². The van der Waals surface area contributed by atoms with Crippen LogP contribution in [-0.4, -0.2) is 89.6 Å². The Labute approximate surface area is 170 Å². The molecule has 0 radical (unpaired) electrons. The van der Waals surface area contributed by atoms with Gasteiger partial charge in [-0.1, -0.05) is 0 Å². The molecule has 0 aliphatic carbocycles. The molecule has 1 N–H and O–H groups in total. The number of aromatic nitrogens is 2. The van der Waals surface area contributed by atoms with E-state index in [0.717, 1.165) is 42.9 Å². The monoisotopic (exact) mass is 397 g/mol. The summed E-state index contributed by atoms with van der Waals surface area (Å²) in [5.41, 5.74) is 2.13. The number of hydrogen-bond donors (Lipinski definition) is 1. The number of amides is 2. The maximum atomic E-state index is 12.8. The molecule has 2 fully saturated rings. The zero-order chi connectivity index (χ0) is 20.2. The van der Waals surface area contributed by atoms with E-state index < -0.39 is 0 Å². The van der Waals surface area contributed by atoms with Crippen molar-refractivity contribution in [3.63, 3.8) is 0 Å². The van der Waals surface area contributed by atoms with E-state index in [0.29, 0.717) is 38.4 Å². The van der Waals surface area contributed by atoms with Gasteiger partial charge in [0.1, 0.15) is 11.4 Å². The van der Waals surface area contributed by atoms with Crippen LogP contribution in [0.3, 0.4) is 0 Å². The first-order valence-corrected chi connectivity index (χ1v) is 10.1. The van der Waals surface area contributed by atoms with Crippen LogP contribution in [0.4, 0.5) is 0 Å². The molecule has 0 unspecified atom stereocenters. The van der Waals surface area contributed by atoms with E-state index in [2.05, 4.69) is 15.1 Å².